The molecule has 28 heavy (non-hydrogen) atoms. The average Bonchev–Trinajstić information content (AvgIpc) is 3.30. The minimum atomic E-state index is -0.901. The Balaban J connectivity index is 1.59. The summed E-state index contributed by atoms with van der Waals surface area (Å²) in [5, 5.41) is 14.9. The maximum Gasteiger partial charge on any atom is 0.335 e. The van der Waals surface area contributed by atoms with Crippen LogP contribution in [0.25, 0.3) is 0 Å². The zero-order valence-corrected chi connectivity index (χ0v) is 16.7. The van der Waals surface area contributed by atoms with E-state index in [1.54, 1.807) is 19.2 Å². The Morgan fingerprint density at radius 1 is 1.25 bits per heavy atom. The summed E-state index contributed by atoms with van der Waals surface area (Å²) < 4.78 is 6.12. The third-order valence-corrected chi connectivity index (χ3v) is 5.97. The number of carboxylic acids is 1. The summed E-state index contributed by atoms with van der Waals surface area (Å²) >= 11 is 0. The van der Waals surface area contributed by atoms with Gasteiger partial charge in [-0.15, -0.1) is 0 Å². The first-order valence-electron chi connectivity index (χ1n) is 10.3. The van der Waals surface area contributed by atoms with Gasteiger partial charge in [-0.3, -0.25) is 4.79 Å². The third-order valence-electron chi connectivity index (χ3n) is 5.97. The molecule has 2 fully saturated rings. The van der Waals surface area contributed by atoms with Gasteiger partial charge in [0.2, 0.25) is 5.91 Å². The van der Waals surface area contributed by atoms with Gasteiger partial charge in [-0.25, -0.2) is 9.80 Å². The molecule has 1 N–H and O–H groups in total. The van der Waals surface area contributed by atoms with Crippen molar-refractivity contribution in [2.24, 2.45) is 16.9 Å². The highest BCUT2D eigenvalue weighted by atomic mass is 16.5. The van der Waals surface area contributed by atoms with Gasteiger partial charge in [-0.2, -0.15) is 5.10 Å². The number of hydrogen-bond acceptors (Lipinski definition) is 4. The first-order chi connectivity index (χ1) is 13.5. The van der Waals surface area contributed by atoms with Gasteiger partial charge in [0, 0.05) is 25.6 Å². The molecule has 1 aromatic carbocycles. The van der Waals surface area contributed by atoms with E-state index in [1.165, 1.54) is 5.01 Å². The van der Waals surface area contributed by atoms with Crippen molar-refractivity contribution >= 4 is 18.1 Å². The molecule has 0 spiro atoms. The van der Waals surface area contributed by atoms with Crippen LogP contribution in [0.5, 0.6) is 0 Å². The molecule has 152 valence electrons. The second-order valence-corrected chi connectivity index (χ2v) is 7.86. The highest BCUT2D eigenvalue weighted by Crippen LogP contribution is 2.44. The molecule has 0 unspecified atom stereocenters. The quantitative estimate of drug-likeness (QED) is 0.518. The van der Waals surface area contributed by atoms with E-state index < -0.39 is 5.97 Å². The Morgan fingerprint density at radius 2 is 1.96 bits per heavy atom. The standard InChI is InChI=1S/C22H30N2O4/c1-3-4-5-21(25)24(2)23-14-18-17(19-12-13-20(18)28-19)11-8-15-6-9-16(10-7-15)22(26)27/h6-7,9-10,14,17-20H,3-5,8,11-13H2,1-2H3,(H,26,27)/t17-,18-,19+,20-/m0/s1. The van der Waals surface area contributed by atoms with Crippen molar-refractivity contribution in [3.8, 4) is 0 Å². The summed E-state index contributed by atoms with van der Waals surface area (Å²) in [5.41, 5.74) is 1.45. The number of aryl methyl sites for hydroxylation is 1. The van der Waals surface area contributed by atoms with Crippen LogP contribution in [0.4, 0.5) is 0 Å². The number of carbonyl (C=O) groups is 2. The summed E-state index contributed by atoms with van der Waals surface area (Å²) in [6.07, 6.45) is 8.80. The van der Waals surface area contributed by atoms with Crippen LogP contribution < -0.4 is 0 Å². The van der Waals surface area contributed by atoms with Gasteiger partial charge in [0.05, 0.1) is 17.8 Å². The fraction of sp³-hybridized carbons (Fsp3) is 0.591. The monoisotopic (exact) mass is 386 g/mol. The fourth-order valence-electron chi connectivity index (χ4n) is 4.27. The van der Waals surface area contributed by atoms with E-state index in [9.17, 15) is 9.59 Å². The van der Waals surface area contributed by atoms with Gasteiger partial charge >= 0.3 is 5.97 Å². The van der Waals surface area contributed by atoms with Crippen molar-refractivity contribution in [3.63, 3.8) is 0 Å². The lowest BCUT2D eigenvalue weighted by Crippen LogP contribution is -2.30. The first-order valence-corrected chi connectivity index (χ1v) is 10.3. The van der Waals surface area contributed by atoms with Crippen LogP contribution in [-0.2, 0) is 16.0 Å². The molecule has 0 saturated carbocycles. The molecule has 6 heteroatoms. The van der Waals surface area contributed by atoms with Gasteiger partial charge in [0.1, 0.15) is 0 Å². The van der Waals surface area contributed by atoms with Gasteiger partial charge < -0.3 is 9.84 Å². The largest absolute Gasteiger partial charge is 0.478 e. The molecule has 6 nitrogen and oxygen atoms in total. The van der Waals surface area contributed by atoms with E-state index in [0.29, 0.717) is 17.9 Å². The van der Waals surface area contributed by atoms with Gasteiger partial charge in [-0.1, -0.05) is 25.5 Å². The molecule has 4 atom stereocenters. The summed E-state index contributed by atoms with van der Waals surface area (Å²) in [7, 11) is 1.72. The van der Waals surface area contributed by atoms with Crippen LogP contribution in [0.3, 0.4) is 0 Å². The number of unbranched alkanes of at least 4 members (excludes halogenated alkanes) is 1. The second-order valence-electron chi connectivity index (χ2n) is 7.86. The van der Waals surface area contributed by atoms with Gasteiger partial charge in [0.15, 0.2) is 0 Å². The molecule has 2 saturated heterocycles. The number of fused-ring (bicyclic) bond motifs is 2. The molecule has 0 aliphatic carbocycles. The van der Waals surface area contributed by atoms with Crippen LogP contribution in [0.1, 0.15) is 61.4 Å². The zero-order chi connectivity index (χ0) is 20.1. The fourth-order valence-corrected chi connectivity index (χ4v) is 4.27. The Bertz CT molecular complexity index is 716. The normalized spacial score (nSPS) is 26.1. The number of hydrazone groups is 1. The van der Waals surface area contributed by atoms with Crippen molar-refractivity contribution in [1.29, 1.82) is 0 Å². The van der Waals surface area contributed by atoms with Gasteiger partial charge in [-0.05, 0) is 55.7 Å². The number of nitrogens with zero attached hydrogens (tertiary/aromatic N) is 2. The van der Waals surface area contributed by atoms with Crippen molar-refractivity contribution in [2.45, 2.75) is 64.1 Å². The van der Waals surface area contributed by atoms with E-state index in [2.05, 4.69) is 12.0 Å². The number of benzene rings is 1. The molecular weight excluding hydrogens is 356 g/mol. The van der Waals surface area contributed by atoms with Crippen molar-refractivity contribution in [1.82, 2.24) is 5.01 Å². The van der Waals surface area contributed by atoms with Crippen molar-refractivity contribution in [2.75, 3.05) is 7.05 Å². The summed E-state index contributed by atoms with van der Waals surface area (Å²) in [4.78, 5) is 23.1. The molecule has 3 rings (SSSR count). The van der Waals surface area contributed by atoms with Crippen LogP contribution in [0.2, 0.25) is 0 Å². The molecule has 2 aliphatic heterocycles. The average molecular weight is 386 g/mol. The van der Waals surface area contributed by atoms with E-state index in [1.807, 2.05) is 18.3 Å². The van der Waals surface area contributed by atoms with E-state index in [-0.39, 0.29) is 24.0 Å². The molecule has 1 amide bonds. The number of ether oxygens (including phenoxy) is 1. The SMILES string of the molecule is CCCCC(=O)N(C)N=C[C@H]1[C@H](CCc2ccc(C(=O)O)cc2)[C@H]2CC[C@@H]1O2. The second kappa shape index (κ2) is 9.32. The number of rotatable bonds is 9. The lowest BCUT2D eigenvalue weighted by Gasteiger charge is -2.25. The number of hydrogen-bond donors (Lipinski definition) is 1. The van der Waals surface area contributed by atoms with Crippen LogP contribution >= 0.6 is 0 Å². The molecular formula is C22H30N2O4. The minimum Gasteiger partial charge on any atom is -0.478 e. The van der Waals surface area contributed by atoms with Crippen LogP contribution in [0.15, 0.2) is 29.4 Å². The van der Waals surface area contributed by atoms with Crippen LogP contribution in [-0.4, -0.2) is 47.5 Å². The van der Waals surface area contributed by atoms with E-state index in [0.717, 1.165) is 44.1 Å². The Labute approximate surface area is 166 Å². The Morgan fingerprint density at radius 3 is 2.64 bits per heavy atom. The lowest BCUT2D eigenvalue weighted by atomic mass is 9.77. The minimum absolute atomic E-state index is 0.0530. The number of carbonyl (C=O) groups excluding carboxylic acids is 1. The predicted octanol–water partition coefficient (Wildman–Crippen LogP) is 3.75. The highest BCUT2D eigenvalue weighted by Gasteiger charge is 2.47. The van der Waals surface area contributed by atoms with E-state index in [4.69, 9.17) is 9.84 Å². The number of aromatic carboxylic acids is 1. The van der Waals surface area contributed by atoms with E-state index >= 15 is 0 Å². The maximum absolute atomic E-state index is 12.1. The number of amides is 1. The third kappa shape index (κ3) is 4.79. The number of carboxylic acid groups (broad SMARTS) is 1. The Kier molecular flexibility index (Phi) is 6.83. The van der Waals surface area contributed by atoms with Crippen molar-refractivity contribution in [3.05, 3.63) is 35.4 Å². The smallest absolute Gasteiger partial charge is 0.335 e. The van der Waals surface area contributed by atoms with Crippen LogP contribution in [0, 0.1) is 11.8 Å². The summed E-state index contributed by atoms with van der Waals surface area (Å²) in [5.74, 6) is -0.224. The molecule has 2 bridgehead atoms. The maximum atomic E-state index is 12.1. The molecule has 2 heterocycles. The topological polar surface area (TPSA) is 79.2 Å². The Hall–Kier alpha value is -2.21. The predicted molar refractivity (Wildman–Crippen MR) is 107 cm³/mol. The highest BCUT2D eigenvalue weighted by molar-refractivity contribution is 5.87. The van der Waals surface area contributed by atoms with Gasteiger partial charge in [0.25, 0.3) is 0 Å². The first kappa shape index (κ1) is 20.5. The van der Waals surface area contributed by atoms with Crippen molar-refractivity contribution < 1.29 is 19.4 Å². The summed E-state index contributed by atoms with van der Waals surface area (Å²) in [6.45, 7) is 2.07. The summed E-state index contributed by atoms with van der Waals surface area (Å²) in [6, 6.07) is 7.09. The molecule has 0 aromatic heterocycles. The lowest BCUT2D eigenvalue weighted by molar-refractivity contribution is -0.130. The zero-order valence-electron chi connectivity index (χ0n) is 16.7. The molecule has 1 aromatic rings. The molecule has 0 radical (unpaired) electrons. The molecule has 2 aliphatic rings.